The van der Waals surface area contributed by atoms with Crippen LogP contribution in [-0.2, 0) is 10.0 Å². The Bertz CT molecular complexity index is 1670. The van der Waals surface area contributed by atoms with Crippen LogP contribution in [0.4, 0.5) is 25.0 Å². The van der Waals surface area contributed by atoms with Crippen LogP contribution in [0.15, 0.2) is 95.9 Å². The Hall–Kier alpha value is -4.15. The van der Waals surface area contributed by atoms with Gasteiger partial charge in [-0.25, -0.2) is 22.0 Å². The molecule has 1 N–H and O–H groups in total. The highest BCUT2D eigenvalue weighted by atomic mass is 35.5. The van der Waals surface area contributed by atoms with Crippen molar-refractivity contribution in [2.45, 2.75) is 31.2 Å². The molecule has 4 rings (SSSR count). The molecule has 0 bridgehead atoms. The van der Waals surface area contributed by atoms with Crippen molar-refractivity contribution in [3.63, 3.8) is 0 Å². The fourth-order valence-corrected chi connectivity index (χ4v) is 6.21. The molecule has 11 heteroatoms. The third-order valence-electron chi connectivity index (χ3n) is 6.78. The SMILES string of the molecule is Cc1ccc(NC(=O)N(C)CCCOc2ccccc2C(C)N(c2cc(F)ccc2F)S(=O)(=O)c2ccc(Cl)cc2)cc1. The Balaban J connectivity index is 1.52. The number of carbonyl (C=O) groups is 1. The Morgan fingerprint density at radius 1 is 0.977 bits per heavy atom. The molecule has 0 aliphatic rings. The van der Waals surface area contributed by atoms with Crippen molar-refractivity contribution >= 4 is 39.0 Å². The standard InChI is InChI=1S/C32H32ClF2N3O4S/c1-22-9-14-26(15-10-22)36-32(39)37(3)19-6-20-42-31-8-5-4-7-28(31)23(2)38(30-21-25(34)13-18-29(30)35)43(40,41)27-16-11-24(33)12-17-27/h4-5,7-18,21,23H,6,19-20H2,1-3H3,(H,36,39). The van der Waals surface area contributed by atoms with Gasteiger partial charge in [0.25, 0.3) is 10.0 Å². The minimum Gasteiger partial charge on any atom is -0.493 e. The topological polar surface area (TPSA) is 79.0 Å². The lowest BCUT2D eigenvalue weighted by Crippen LogP contribution is -2.35. The van der Waals surface area contributed by atoms with Crippen molar-refractivity contribution in [1.82, 2.24) is 4.90 Å². The number of carbonyl (C=O) groups excluding carboxylic acids is 1. The highest BCUT2D eigenvalue weighted by molar-refractivity contribution is 7.92. The quantitative estimate of drug-likeness (QED) is 0.172. The smallest absolute Gasteiger partial charge is 0.321 e. The molecular weight excluding hydrogens is 596 g/mol. The van der Waals surface area contributed by atoms with Gasteiger partial charge in [-0.3, -0.25) is 4.31 Å². The van der Waals surface area contributed by atoms with Gasteiger partial charge in [-0.05, 0) is 74.9 Å². The number of hydrogen-bond donors (Lipinski definition) is 1. The molecule has 0 aliphatic carbocycles. The van der Waals surface area contributed by atoms with E-state index in [9.17, 15) is 17.6 Å². The number of nitrogens with zero attached hydrogens (tertiary/aromatic N) is 2. The van der Waals surface area contributed by atoms with E-state index in [1.165, 1.54) is 29.2 Å². The third-order valence-corrected chi connectivity index (χ3v) is 8.93. The van der Waals surface area contributed by atoms with Crippen molar-refractivity contribution in [2.24, 2.45) is 0 Å². The Morgan fingerprint density at radius 2 is 1.65 bits per heavy atom. The molecule has 4 aromatic carbocycles. The van der Waals surface area contributed by atoms with E-state index in [1.807, 2.05) is 31.2 Å². The molecule has 226 valence electrons. The number of hydrogen-bond acceptors (Lipinski definition) is 4. The highest BCUT2D eigenvalue weighted by Gasteiger charge is 2.34. The molecule has 4 aromatic rings. The summed E-state index contributed by atoms with van der Waals surface area (Å²) >= 11 is 5.96. The lowest BCUT2D eigenvalue weighted by Gasteiger charge is -2.32. The van der Waals surface area contributed by atoms with Crippen LogP contribution in [0, 0.1) is 18.6 Å². The maximum Gasteiger partial charge on any atom is 0.321 e. The van der Waals surface area contributed by atoms with Gasteiger partial charge in [0.05, 0.1) is 23.2 Å². The van der Waals surface area contributed by atoms with Crippen molar-refractivity contribution in [2.75, 3.05) is 29.8 Å². The summed E-state index contributed by atoms with van der Waals surface area (Å²) in [5.74, 6) is -1.33. The molecular formula is C32H32ClF2N3O4S. The predicted molar refractivity (Wildman–Crippen MR) is 165 cm³/mol. The number of rotatable bonds is 11. The van der Waals surface area contributed by atoms with Gasteiger partial charge < -0.3 is 15.0 Å². The number of nitrogens with one attached hydrogen (secondary N) is 1. The number of urea groups is 1. The zero-order valence-corrected chi connectivity index (χ0v) is 25.5. The second-order valence-corrected chi connectivity index (χ2v) is 12.2. The normalized spacial score (nSPS) is 12.0. The molecule has 1 atom stereocenters. The molecule has 0 radical (unpaired) electrons. The van der Waals surface area contributed by atoms with Crippen molar-refractivity contribution in [3.05, 3.63) is 119 Å². The monoisotopic (exact) mass is 627 g/mol. The number of benzene rings is 4. The summed E-state index contributed by atoms with van der Waals surface area (Å²) in [5, 5.41) is 3.16. The average molecular weight is 628 g/mol. The number of halogens is 3. The number of sulfonamides is 1. The number of ether oxygens (including phenoxy) is 1. The number of anilines is 2. The zero-order valence-electron chi connectivity index (χ0n) is 23.9. The Morgan fingerprint density at radius 3 is 2.35 bits per heavy atom. The second-order valence-electron chi connectivity index (χ2n) is 9.98. The minimum atomic E-state index is -4.39. The second kappa shape index (κ2) is 13.9. The summed E-state index contributed by atoms with van der Waals surface area (Å²) in [7, 11) is -2.71. The predicted octanol–water partition coefficient (Wildman–Crippen LogP) is 7.82. The van der Waals surface area contributed by atoms with E-state index in [1.54, 1.807) is 38.2 Å². The first-order valence-corrected chi connectivity index (χ1v) is 15.3. The van der Waals surface area contributed by atoms with E-state index in [0.717, 1.165) is 28.1 Å². The summed E-state index contributed by atoms with van der Waals surface area (Å²) in [4.78, 5) is 13.9. The summed E-state index contributed by atoms with van der Waals surface area (Å²) < 4.78 is 64.0. The van der Waals surface area contributed by atoms with Crippen LogP contribution in [0.2, 0.25) is 5.02 Å². The van der Waals surface area contributed by atoms with Gasteiger partial charge in [0.2, 0.25) is 0 Å². The van der Waals surface area contributed by atoms with Gasteiger partial charge in [-0.2, -0.15) is 0 Å². The largest absolute Gasteiger partial charge is 0.493 e. The van der Waals surface area contributed by atoms with Gasteiger partial charge >= 0.3 is 6.03 Å². The fraction of sp³-hybridized carbons (Fsp3) is 0.219. The zero-order chi connectivity index (χ0) is 31.1. The Kier molecular flexibility index (Phi) is 10.3. The van der Waals surface area contributed by atoms with E-state index in [-0.39, 0.29) is 17.5 Å². The molecule has 0 saturated heterocycles. The van der Waals surface area contributed by atoms with Gasteiger partial charge in [0, 0.05) is 35.9 Å². The van der Waals surface area contributed by atoms with Gasteiger partial charge in [0.1, 0.15) is 17.4 Å². The number of amides is 2. The molecule has 1 unspecified atom stereocenters. The van der Waals surface area contributed by atoms with Crippen molar-refractivity contribution in [3.8, 4) is 5.75 Å². The van der Waals surface area contributed by atoms with E-state index >= 15 is 4.39 Å². The first kappa shape index (κ1) is 31.8. The van der Waals surface area contributed by atoms with Crippen molar-refractivity contribution in [1.29, 1.82) is 0 Å². The molecule has 2 amide bonds. The van der Waals surface area contributed by atoms with Crippen LogP contribution in [0.25, 0.3) is 0 Å². The van der Waals surface area contributed by atoms with E-state index in [0.29, 0.717) is 35.0 Å². The number of para-hydroxylation sites is 1. The molecule has 0 saturated carbocycles. The first-order chi connectivity index (χ1) is 20.5. The van der Waals surface area contributed by atoms with Crippen molar-refractivity contribution < 1.29 is 26.7 Å². The van der Waals surface area contributed by atoms with Gasteiger partial charge in [-0.15, -0.1) is 0 Å². The Labute approximate surface area is 255 Å². The molecule has 0 aromatic heterocycles. The molecule has 43 heavy (non-hydrogen) atoms. The number of aryl methyl sites for hydroxylation is 1. The van der Waals surface area contributed by atoms with Gasteiger partial charge in [0.15, 0.2) is 0 Å². The van der Waals surface area contributed by atoms with E-state index in [4.69, 9.17) is 16.3 Å². The fourth-order valence-electron chi connectivity index (χ4n) is 4.45. The molecule has 0 fully saturated rings. The highest BCUT2D eigenvalue weighted by Crippen LogP contribution is 2.38. The van der Waals surface area contributed by atoms with Crippen LogP contribution in [0.5, 0.6) is 5.75 Å². The molecule has 0 heterocycles. The van der Waals surface area contributed by atoms with E-state index in [2.05, 4.69) is 5.32 Å². The van der Waals surface area contributed by atoms with Crippen LogP contribution >= 0.6 is 11.6 Å². The third kappa shape index (κ3) is 7.82. The van der Waals surface area contributed by atoms with E-state index < -0.39 is 33.4 Å². The maximum atomic E-state index is 15.1. The average Bonchev–Trinajstić information content (AvgIpc) is 2.98. The summed E-state index contributed by atoms with van der Waals surface area (Å²) in [6, 6.07) is 21.1. The summed E-state index contributed by atoms with van der Waals surface area (Å²) in [6.07, 6.45) is 0.478. The summed E-state index contributed by atoms with van der Waals surface area (Å²) in [5.41, 5.74) is 1.77. The van der Waals surface area contributed by atoms with Gasteiger partial charge in [-0.1, -0.05) is 47.5 Å². The van der Waals surface area contributed by atoms with Crippen LogP contribution in [-0.4, -0.2) is 39.5 Å². The summed E-state index contributed by atoms with van der Waals surface area (Å²) in [6.45, 7) is 4.14. The lowest BCUT2D eigenvalue weighted by atomic mass is 10.1. The molecule has 7 nitrogen and oxygen atoms in total. The van der Waals surface area contributed by atoms with Crippen LogP contribution in [0.3, 0.4) is 0 Å². The first-order valence-electron chi connectivity index (χ1n) is 13.5. The molecule has 0 aliphatic heterocycles. The van der Waals surface area contributed by atoms with Crippen LogP contribution in [0.1, 0.15) is 30.5 Å². The lowest BCUT2D eigenvalue weighted by molar-refractivity contribution is 0.216. The maximum absolute atomic E-state index is 15.1. The van der Waals surface area contributed by atoms with Crippen LogP contribution < -0.4 is 14.4 Å². The minimum absolute atomic E-state index is 0.141. The molecule has 0 spiro atoms.